The summed E-state index contributed by atoms with van der Waals surface area (Å²) < 4.78 is 25.1. The molecule has 0 atom stereocenters. The molecule has 0 unspecified atom stereocenters. The topological polar surface area (TPSA) is 59.6 Å². The smallest absolute Gasteiger partial charge is 0.221 e. The van der Waals surface area contributed by atoms with E-state index >= 15 is 0 Å². The van der Waals surface area contributed by atoms with Crippen LogP contribution in [0.4, 0.5) is 15.8 Å². The standard InChI is InChI=1S/C23H21Cl2FN2O3/c1-14(29)28-17-8-6-16(7-9-17)27-12-15-10-20(25)23(22(11-15)30-2)31-13-18-19(24)4-3-5-21(18)26/h3-11,27H,12-13H2,1-2H3,(H,28,29). The number of amides is 1. The Labute approximate surface area is 190 Å². The molecule has 0 saturated heterocycles. The molecule has 3 rings (SSSR count). The number of anilines is 2. The number of methoxy groups -OCH3 is 1. The summed E-state index contributed by atoms with van der Waals surface area (Å²) in [5, 5.41) is 6.61. The van der Waals surface area contributed by atoms with Crippen molar-refractivity contribution in [2.24, 2.45) is 0 Å². The molecule has 1 amide bonds. The SMILES string of the molecule is COc1cc(CNc2ccc(NC(C)=O)cc2)cc(Cl)c1OCc1c(F)cccc1Cl. The third kappa shape index (κ3) is 6.03. The molecule has 0 aromatic heterocycles. The van der Waals surface area contributed by atoms with Gasteiger partial charge in [-0.25, -0.2) is 4.39 Å². The monoisotopic (exact) mass is 462 g/mol. The molecule has 5 nitrogen and oxygen atoms in total. The second-order valence-corrected chi connectivity index (χ2v) is 7.52. The average Bonchev–Trinajstić information content (AvgIpc) is 2.73. The van der Waals surface area contributed by atoms with Crippen molar-refractivity contribution in [1.29, 1.82) is 0 Å². The molecule has 2 N–H and O–H groups in total. The van der Waals surface area contributed by atoms with Crippen molar-refractivity contribution in [3.63, 3.8) is 0 Å². The van der Waals surface area contributed by atoms with Crippen LogP contribution in [0.1, 0.15) is 18.1 Å². The highest BCUT2D eigenvalue weighted by molar-refractivity contribution is 6.32. The zero-order chi connectivity index (χ0) is 22.4. The number of ether oxygens (including phenoxy) is 2. The predicted octanol–water partition coefficient (Wildman–Crippen LogP) is 6.29. The lowest BCUT2D eigenvalue weighted by Gasteiger charge is -2.16. The van der Waals surface area contributed by atoms with Gasteiger partial charge in [-0.1, -0.05) is 29.3 Å². The van der Waals surface area contributed by atoms with E-state index in [1.54, 1.807) is 18.2 Å². The Bertz CT molecular complexity index is 1050. The van der Waals surface area contributed by atoms with Crippen LogP contribution in [0.3, 0.4) is 0 Å². The lowest BCUT2D eigenvalue weighted by molar-refractivity contribution is -0.114. The van der Waals surface area contributed by atoms with Gasteiger partial charge in [0, 0.05) is 30.4 Å². The minimum atomic E-state index is -0.451. The van der Waals surface area contributed by atoms with E-state index in [4.69, 9.17) is 32.7 Å². The van der Waals surface area contributed by atoms with Crippen LogP contribution in [-0.4, -0.2) is 13.0 Å². The molecule has 3 aromatic carbocycles. The van der Waals surface area contributed by atoms with Gasteiger partial charge in [-0.3, -0.25) is 4.79 Å². The third-order valence-electron chi connectivity index (χ3n) is 4.41. The highest BCUT2D eigenvalue weighted by Gasteiger charge is 2.15. The fourth-order valence-electron chi connectivity index (χ4n) is 2.91. The largest absolute Gasteiger partial charge is 0.493 e. The zero-order valence-electron chi connectivity index (χ0n) is 17.0. The first-order valence-electron chi connectivity index (χ1n) is 9.41. The lowest BCUT2D eigenvalue weighted by Crippen LogP contribution is -2.06. The van der Waals surface area contributed by atoms with E-state index in [9.17, 15) is 9.18 Å². The van der Waals surface area contributed by atoms with Crippen LogP contribution in [0.5, 0.6) is 11.5 Å². The molecule has 0 fully saturated rings. The normalized spacial score (nSPS) is 10.5. The predicted molar refractivity (Wildman–Crippen MR) is 122 cm³/mol. The van der Waals surface area contributed by atoms with E-state index in [2.05, 4.69) is 10.6 Å². The van der Waals surface area contributed by atoms with Crippen LogP contribution in [0.25, 0.3) is 0 Å². The quantitative estimate of drug-likeness (QED) is 0.412. The molecule has 31 heavy (non-hydrogen) atoms. The van der Waals surface area contributed by atoms with Gasteiger partial charge >= 0.3 is 0 Å². The van der Waals surface area contributed by atoms with Crippen molar-refractivity contribution in [3.05, 3.63) is 81.6 Å². The van der Waals surface area contributed by atoms with Crippen molar-refractivity contribution in [3.8, 4) is 11.5 Å². The van der Waals surface area contributed by atoms with Crippen molar-refractivity contribution in [1.82, 2.24) is 0 Å². The second kappa shape index (κ2) is 10.4. The van der Waals surface area contributed by atoms with E-state index in [1.807, 2.05) is 24.3 Å². The summed E-state index contributed by atoms with van der Waals surface area (Å²) in [6.07, 6.45) is 0. The number of hydrogen-bond donors (Lipinski definition) is 2. The molecule has 0 aliphatic carbocycles. The van der Waals surface area contributed by atoms with Crippen LogP contribution in [0, 0.1) is 5.82 Å². The Morgan fingerprint density at radius 2 is 1.74 bits per heavy atom. The molecule has 162 valence electrons. The van der Waals surface area contributed by atoms with Gasteiger partial charge < -0.3 is 20.1 Å². The highest BCUT2D eigenvalue weighted by Crippen LogP contribution is 2.37. The molecule has 0 bridgehead atoms. The summed E-state index contributed by atoms with van der Waals surface area (Å²) in [6.45, 7) is 1.86. The molecule has 0 aliphatic heterocycles. The average molecular weight is 463 g/mol. The second-order valence-electron chi connectivity index (χ2n) is 6.71. The van der Waals surface area contributed by atoms with Crippen LogP contribution in [-0.2, 0) is 17.9 Å². The summed E-state index contributed by atoms with van der Waals surface area (Å²) in [6, 6.07) is 15.3. The maximum atomic E-state index is 14.0. The van der Waals surface area contributed by atoms with Crippen molar-refractivity contribution >= 4 is 40.5 Å². The van der Waals surface area contributed by atoms with Crippen LogP contribution < -0.4 is 20.1 Å². The molecule has 0 spiro atoms. The minimum Gasteiger partial charge on any atom is -0.493 e. The van der Waals surface area contributed by atoms with Gasteiger partial charge in [0.25, 0.3) is 0 Å². The van der Waals surface area contributed by atoms with Gasteiger partial charge in [-0.15, -0.1) is 0 Å². The molecule has 0 aliphatic rings. The zero-order valence-corrected chi connectivity index (χ0v) is 18.5. The van der Waals surface area contributed by atoms with E-state index in [1.165, 1.54) is 26.2 Å². The first-order valence-corrected chi connectivity index (χ1v) is 10.2. The van der Waals surface area contributed by atoms with Crippen LogP contribution >= 0.6 is 23.2 Å². The number of hydrogen-bond acceptors (Lipinski definition) is 4. The van der Waals surface area contributed by atoms with Gasteiger partial charge in [0.1, 0.15) is 12.4 Å². The van der Waals surface area contributed by atoms with Gasteiger partial charge in [-0.2, -0.15) is 0 Å². The Morgan fingerprint density at radius 1 is 1.03 bits per heavy atom. The number of halogens is 3. The Kier molecular flexibility index (Phi) is 7.60. The summed E-state index contributed by atoms with van der Waals surface area (Å²) in [5.41, 5.74) is 2.71. The van der Waals surface area contributed by atoms with E-state index < -0.39 is 5.82 Å². The number of carbonyl (C=O) groups is 1. The lowest BCUT2D eigenvalue weighted by atomic mass is 10.2. The third-order valence-corrected chi connectivity index (χ3v) is 5.05. The molecular formula is C23H21Cl2FN2O3. The first-order chi connectivity index (χ1) is 14.9. The van der Waals surface area contributed by atoms with Gasteiger partial charge in [0.2, 0.25) is 5.91 Å². The first kappa shape index (κ1) is 22.7. The van der Waals surface area contributed by atoms with Crippen molar-refractivity contribution < 1.29 is 18.7 Å². The number of carbonyl (C=O) groups excluding carboxylic acids is 1. The minimum absolute atomic E-state index is 0.0835. The van der Waals surface area contributed by atoms with Crippen LogP contribution in [0.2, 0.25) is 10.0 Å². The molecule has 0 heterocycles. The van der Waals surface area contributed by atoms with E-state index in [0.717, 1.165) is 16.9 Å². The molecule has 0 saturated carbocycles. The number of rotatable bonds is 8. The molecule has 0 radical (unpaired) electrons. The van der Waals surface area contributed by atoms with Crippen molar-refractivity contribution in [2.75, 3.05) is 17.7 Å². The number of nitrogens with one attached hydrogen (secondary N) is 2. The summed E-state index contributed by atoms with van der Waals surface area (Å²) >= 11 is 12.5. The Balaban J connectivity index is 1.69. The summed E-state index contributed by atoms with van der Waals surface area (Å²) in [5.74, 6) is 0.166. The maximum absolute atomic E-state index is 14.0. The van der Waals surface area contributed by atoms with E-state index in [0.29, 0.717) is 23.1 Å². The highest BCUT2D eigenvalue weighted by atomic mass is 35.5. The summed E-state index contributed by atoms with van der Waals surface area (Å²) in [4.78, 5) is 11.1. The summed E-state index contributed by atoms with van der Waals surface area (Å²) in [7, 11) is 1.51. The Hall–Kier alpha value is -2.96. The van der Waals surface area contributed by atoms with E-state index in [-0.39, 0.29) is 23.1 Å². The van der Waals surface area contributed by atoms with Crippen LogP contribution in [0.15, 0.2) is 54.6 Å². The van der Waals surface area contributed by atoms with Gasteiger partial charge in [0.05, 0.1) is 17.2 Å². The molecule has 3 aromatic rings. The van der Waals surface area contributed by atoms with Gasteiger partial charge in [0.15, 0.2) is 11.5 Å². The Morgan fingerprint density at radius 3 is 2.39 bits per heavy atom. The van der Waals surface area contributed by atoms with Crippen molar-refractivity contribution in [2.45, 2.75) is 20.1 Å². The van der Waals surface area contributed by atoms with Gasteiger partial charge in [-0.05, 0) is 54.1 Å². The number of benzene rings is 3. The molecular weight excluding hydrogens is 442 g/mol. The molecule has 8 heteroatoms. The fraction of sp³-hybridized carbons (Fsp3) is 0.174. The maximum Gasteiger partial charge on any atom is 0.221 e. The fourth-order valence-corrected chi connectivity index (χ4v) is 3.41.